The Balaban J connectivity index is 3.29. The van der Waals surface area contributed by atoms with Crippen LogP contribution < -0.4 is 5.73 Å². The van der Waals surface area contributed by atoms with Gasteiger partial charge in [0, 0.05) is 0 Å². The average Bonchev–Trinajstić information content (AvgIpc) is 1.99. The molecule has 0 aliphatic carbocycles. The number of hydrogen-bond donors (Lipinski definition) is 1. The maximum Gasteiger partial charge on any atom is 0.161 e. The van der Waals surface area contributed by atoms with Gasteiger partial charge in [-0.05, 0) is 18.4 Å². The molecule has 0 heterocycles. The van der Waals surface area contributed by atoms with Gasteiger partial charge in [0.05, 0.1) is 15.6 Å². The van der Waals surface area contributed by atoms with Crippen LogP contribution in [0.3, 0.4) is 0 Å². The van der Waals surface area contributed by atoms with E-state index in [2.05, 4.69) is 0 Å². The zero-order valence-electron chi connectivity index (χ0n) is 5.90. The van der Waals surface area contributed by atoms with Crippen LogP contribution in [0.5, 0.6) is 0 Å². The molecule has 0 bridgehead atoms. The molecule has 0 spiro atoms. The lowest BCUT2D eigenvalue weighted by atomic mass is 10.3. The van der Waals surface area contributed by atoms with Gasteiger partial charge in [-0.15, -0.1) is 11.8 Å². The van der Waals surface area contributed by atoms with E-state index < -0.39 is 5.82 Å². The highest BCUT2D eigenvalue weighted by molar-refractivity contribution is 7.98. The first kappa shape index (κ1) is 8.68. The molecule has 1 aromatic rings. The fourth-order valence-electron chi connectivity index (χ4n) is 0.735. The number of hydrogen-bond acceptors (Lipinski definition) is 2. The van der Waals surface area contributed by atoms with Crippen molar-refractivity contribution in [2.24, 2.45) is 0 Å². The number of nitrogens with two attached hydrogens (primary N) is 1. The van der Waals surface area contributed by atoms with Gasteiger partial charge in [-0.25, -0.2) is 4.39 Å². The van der Waals surface area contributed by atoms with E-state index in [0.717, 1.165) is 0 Å². The summed E-state index contributed by atoms with van der Waals surface area (Å²) in [5, 5.41) is 0.407. The van der Waals surface area contributed by atoms with E-state index in [1.807, 2.05) is 0 Å². The molecule has 0 radical (unpaired) electrons. The maximum atomic E-state index is 13.0. The quantitative estimate of drug-likeness (QED) is 0.546. The molecule has 0 saturated heterocycles. The largest absolute Gasteiger partial charge is 0.396 e. The second-order valence-corrected chi connectivity index (χ2v) is 3.21. The van der Waals surface area contributed by atoms with Crippen molar-refractivity contribution in [1.29, 1.82) is 0 Å². The van der Waals surface area contributed by atoms with Gasteiger partial charge in [0.15, 0.2) is 5.82 Å². The van der Waals surface area contributed by atoms with Crippen molar-refractivity contribution in [3.05, 3.63) is 23.0 Å². The van der Waals surface area contributed by atoms with Gasteiger partial charge in [0.2, 0.25) is 0 Å². The summed E-state index contributed by atoms with van der Waals surface area (Å²) in [4.78, 5) is 0.409. The minimum absolute atomic E-state index is 0.138. The Morgan fingerprint density at radius 3 is 2.64 bits per heavy atom. The van der Waals surface area contributed by atoms with Crippen LogP contribution in [0.4, 0.5) is 10.1 Å². The molecule has 0 unspecified atom stereocenters. The summed E-state index contributed by atoms with van der Waals surface area (Å²) in [6.07, 6.45) is 1.75. The topological polar surface area (TPSA) is 26.0 Å². The molecule has 0 amide bonds. The summed E-state index contributed by atoms with van der Waals surface area (Å²) >= 11 is 6.93. The van der Waals surface area contributed by atoms with Crippen molar-refractivity contribution in [2.45, 2.75) is 4.90 Å². The molecule has 0 aromatic heterocycles. The maximum absolute atomic E-state index is 13.0. The Bertz CT molecular complexity index is 277. The number of rotatable bonds is 1. The number of benzene rings is 1. The van der Waals surface area contributed by atoms with Crippen molar-refractivity contribution >= 4 is 29.1 Å². The molecule has 1 nitrogen and oxygen atoms in total. The first-order valence-electron chi connectivity index (χ1n) is 2.94. The van der Waals surface area contributed by atoms with Gasteiger partial charge >= 0.3 is 0 Å². The van der Waals surface area contributed by atoms with Gasteiger partial charge in [-0.1, -0.05) is 11.6 Å². The second-order valence-electron chi connectivity index (χ2n) is 1.98. The van der Waals surface area contributed by atoms with Crippen molar-refractivity contribution in [3.63, 3.8) is 0 Å². The Kier molecular flexibility index (Phi) is 2.62. The van der Waals surface area contributed by atoms with Crippen LogP contribution in [0.25, 0.3) is 0 Å². The van der Waals surface area contributed by atoms with Crippen LogP contribution in [-0.2, 0) is 0 Å². The molecule has 0 atom stereocenters. The van der Waals surface area contributed by atoms with E-state index in [-0.39, 0.29) is 5.69 Å². The molecule has 0 saturated carbocycles. The van der Waals surface area contributed by atoms with Gasteiger partial charge < -0.3 is 5.73 Å². The second kappa shape index (κ2) is 3.32. The van der Waals surface area contributed by atoms with Crippen LogP contribution in [-0.4, -0.2) is 6.26 Å². The highest BCUT2D eigenvalue weighted by Gasteiger charge is 2.08. The number of anilines is 1. The van der Waals surface area contributed by atoms with E-state index in [9.17, 15) is 4.39 Å². The predicted molar refractivity (Wildman–Crippen MR) is 47.6 cm³/mol. The fourth-order valence-corrected chi connectivity index (χ4v) is 1.67. The zero-order chi connectivity index (χ0) is 8.43. The van der Waals surface area contributed by atoms with Crippen LogP contribution in [0.1, 0.15) is 0 Å². The fraction of sp³-hybridized carbons (Fsp3) is 0.143. The van der Waals surface area contributed by atoms with Crippen molar-refractivity contribution < 1.29 is 4.39 Å². The summed E-state index contributed by atoms with van der Waals surface area (Å²) in [5.41, 5.74) is 5.46. The van der Waals surface area contributed by atoms with Crippen LogP contribution in [0.15, 0.2) is 17.0 Å². The van der Waals surface area contributed by atoms with Crippen molar-refractivity contribution in [1.82, 2.24) is 0 Å². The molecule has 4 heteroatoms. The van der Waals surface area contributed by atoms with Crippen molar-refractivity contribution in [2.75, 3.05) is 12.0 Å². The van der Waals surface area contributed by atoms with E-state index >= 15 is 0 Å². The third-order valence-electron chi connectivity index (χ3n) is 1.28. The molecule has 0 fully saturated rings. The van der Waals surface area contributed by atoms with E-state index in [1.165, 1.54) is 17.8 Å². The summed E-state index contributed by atoms with van der Waals surface area (Å²) in [5.74, 6) is -0.426. The minimum Gasteiger partial charge on any atom is -0.396 e. The Morgan fingerprint density at radius 2 is 2.18 bits per heavy atom. The first-order chi connectivity index (χ1) is 5.16. The highest BCUT2D eigenvalue weighted by Crippen LogP contribution is 2.30. The number of nitrogen functional groups attached to an aromatic ring is 1. The molecular formula is C7H7ClFNS. The Hall–Kier alpha value is -0.410. The standard InChI is InChI=1S/C7H7ClFNS/c1-11-7-4(8)2-3-5(10)6(7)9/h2-3H,10H2,1H3. The normalized spacial score (nSPS) is 10.1. The lowest BCUT2D eigenvalue weighted by Crippen LogP contribution is -1.92. The monoisotopic (exact) mass is 191 g/mol. The summed E-state index contributed by atoms with van der Waals surface area (Å²) in [6.45, 7) is 0. The van der Waals surface area contributed by atoms with E-state index in [0.29, 0.717) is 9.92 Å². The molecule has 11 heavy (non-hydrogen) atoms. The average molecular weight is 192 g/mol. The third-order valence-corrected chi connectivity index (χ3v) is 2.52. The molecule has 1 aromatic carbocycles. The van der Waals surface area contributed by atoms with Gasteiger partial charge in [-0.3, -0.25) is 0 Å². The van der Waals surface area contributed by atoms with Crippen molar-refractivity contribution in [3.8, 4) is 0 Å². The van der Waals surface area contributed by atoms with E-state index in [1.54, 1.807) is 12.3 Å². The lowest BCUT2D eigenvalue weighted by Gasteiger charge is -2.03. The zero-order valence-corrected chi connectivity index (χ0v) is 7.47. The van der Waals surface area contributed by atoms with Gasteiger partial charge in [0.1, 0.15) is 0 Å². The summed E-state index contributed by atoms with van der Waals surface area (Å²) in [6, 6.07) is 3.04. The molecule has 0 aliphatic rings. The molecule has 60 valence electrons. The Labute approximate surface area is 73.7 Å². The molecule has 0 aliphatic heterocycles. The summed E-state index contributed by atoms with van der Waals surface area (Å²) in [7, 11) is 0. The van der Waals surface area contributed by atoms with E-state index in [4.69, 9.17) is 17.3 Å². The van der Waals surface area contributed by atoms with Crippen LogP contribution >= 0.6 is 23.4 Å². The number of thioether (sulfide) groups is 1. The summed E-state index contributed by atoms with van der Waals surface area (Å²) < 4.78 is 13.0. The third kappa shape index (κ3) is 1.60. The predicted octanol–water partition coefficient (Wildman–Crippen LogP) is 2.78. The lowest BCUT2D eigenvalue weighted by molar-refractivity contribution is 0.607. The SMILES string of the molecule is CSc1c(Cl)ccc(N)c1F. The molecule has 2 N–H and O–H groups in total. The first-order valence-corrected chi connectivity index (χ1v) is 4.54. The van der Waals surface area contributed by atoms with Gasteiger partial charge in [-0.2, -0.15) is 0 Å². The number of halogens is 2. The molecule has 1 rings (SSSR count). The van der Waals surface area contributed by atoms with Crippen LogP contribution in [0, 0.1) is 5.82 Å². The smallest absolute Gasteiger partial charge is 0.161 e. The van der Waals surface area contributed by atoms with Crippen LogP contribution in [0.2, 0.25) is 5.02 Å². The molecular weight excluding hydrogens is 185 g/mol. The highest BCUT2D eigenvalue weighted by atomic mass is 35.5. The minimum atomic E-state index is -0.426. The Morgan fingerprint density at radius 1 is 1.55 bits per heavy atom. The van der Waals surface area contributed by atoms with Gasteiger partial charge in [0.25, 0.3) is 0 Å².